The van der Waals surface area contributed by atoms with E-state index in [0.717, 1.165) is 17.7 Å². The molecule has 2 aromatic rings. The molecule has 1 N–H and O–H groups in total. The topological polar surface area (TPSA) is 81.2 Å². The first-order chi connectivity index (χ1) is 9.20. The van der Waals surface area contributed by atoms with Crippen LogP contribution in [0.25, 0.3) is 0 Å². The Morgan fingerprint density at radius 3 is 2.95 bits per heavy atom. The number of hydrogen-bond acceptors (Lipinski definition) is 5. The van der Waals surface area contributed by atoms with E-state index in [1.54, 1.807) is 18.2 Å². The SMILES string of the molecule is CCC(NCc1ccon1)c1cccc([N+](=O)[O-])c1. The Hall–Kier alpha value is -2.21. The Labute approximate surface area is 110 Å². The summed E-state index contributed by atoms with van der Waals surface area (Å²) in [6.45, 7) is 2.59. The Balaban J connectivity index is 2.08. The minimum atomic E-state index is -0.381. The van der Waals surface area contributed by atoms with Gasteiger partial charge in [0.25, 0.3) is 5.69 Å². The normalized spacial score (nSPS) is 12.3. The average molecular weight is 261 g/mol. The molecular weight excluding hydrogens is 246 g/mol. The summed E-state index contributed by atoms with van der Waals surface area (Å²) < 4.78 is 4.76. The monoisotopic (exact) mass is 261 g/mol. The van der Waals surface area contributed by atoms with E-state index in [0.29, 0.717) is 6.54 Å². The molecule has 100 valence electrons. The lowest BCUT2D eigenvalue weighted by Gasteiger charge is -2.16. The van der Waals surface area contributed by atoms with E-state index in [1.165, 1.54) is 12.3 Å². The molecule has 1 heterocycles. The number of nitro groups is 1. The summed E-state index contributed by atoms with van der Waals surface area (Å²) in [5.41, 5.74) is 1.82. The number of hydrogen-bond donors (Lipinski definition) is 1. The number of non-ortho nitro benzene ring substituents is 1. The van der Waals surface area contributed by atoms with Crippen LogP contribution in [0.4, 0.5) is 5.69 Å². The van der Waals surface area contributed by atoms with E-state index in [2.05, 4.69) is 10.5 Å². The fraction of sp³-hybridized carbons (Fsp3) is 0.308. The summed E-state index contributed by atoms with van der Waals surface area (Å²) in [5, 5.41) is 17.9. The van der Waals surface area contributed by atoms with Crippen LogP contribution >= 0.6 is 0 Å². The molecule has 6 heteroatoms. The highest BCUT2D eigenvalue weighted by Gasteiger charge is 2.13. The Morgan fingerprint density at radius 1 is 1.47 bits per heavy atom. The summed E-state index contributed by atoms with van der Waals surface area (Å²) in [6.07, 6.45) is 2.35. The van der Waals surface area contributed by atoms with Crippen molar-refractivity contribution in [3.63, 3.8) is 0 Å². The van der Waals surface area contributed by atoms with E-state index in [9.17, 15) is 10.1 Å². The molecule has 6 nitrogen and oxygen atoms in total. The van der Waals surface area contributed by atoms with Crippen molar-refractivity contribution in [1.82, 2.24) is 10.5 Å². The second kappa shape index (κ2) is 6.10. The third-order valence-electron chi connectivity index (χ3n) is 2.91. The molecule has 1 atom stereocenters. The van der Waals surface area contributed by atoms with Crippen LogP contribution in [-0.4, -0.2) is 10.1 Å². The maximum Gasteiger partial charge on any atom is 0.269 e. The molecule has 0 fully saturated rings. The minimum absolute atomic E-state index is 0.0524. The molecule has 0 spiro atoms. The van der Waals surface area contributed by atoms with Crippen molar-refractivity contribution >= 4 is 5.69 Å². The molecule has 0 saturated heterocycles. The first-order valence-corrected chi connectivity index (χ1v) is 6.07. The Morgan fingerprint density at radius 2 is 2.32 bits per heavy atom. The quantitative estimate of drug-likeness (QED) is 0.638. The highest BCUT2D eigenvalue weighted by molar-refractivity contribution is 5.35. The third-order valence-corrected chi connectivity index (χ3v) is 2.91. The number of rotatable bonds is 6. The van der Waals surface area contributed by atoms with E-state index in [-0.39, 0.29) is 16.7 Å². The highest BCUT2D eigenvalue weighted by Crippen LogP contribution is 2.21. The second-order valence-corrected chi connectivity index (χ2v) is 4.18. The van der Waals surface area contributed by atoms with Gasteiger partial charge in [-0.05, 0) is 12.0 Å². The predicted octanol–water partition coefficient (Wildman–Crippen LogP) is 2.82. The van der Waals surface area contributed by atoms with Crippen molar-refractivity contribution in [2.45, 2.75) is 25.9 Å². The molecule has 2 rings (SSSR count). The maximum absolute atomic E-state index is 10.8. The number of nitrogens with zero attached hydrogens (tertiary/aromatic N) is 2. The van der Waals surface area contributed by atoms with Crippen LogP contribution in [0.2, 0.25) is 0 Å². The fourth-order valence-corrected chi connectivity index (χ4v) is 1.91. The van der Waals surface area contributed by atoms with Crippen molar-refractivity contribution < 1.29 is 9.45 Å². The maximum atomic E-state index is 10.8. The van der Waals surface area contributed by atoms with Gasteiger partial charge in [-0.1, -0.05) is 24.2 Å². The van der Waals surface area contributed by atoms with Crippen molar-refractivity contribution in [2.24, 2.45) is 0 Å². The van der Waals surface area contributed by atoms with Gasteiger partial charge in [0.15, 0.2) is 0 Å². The molecule has 1 aromatic carbocycles. The molecule has 0 aliphatic heterocycles. The summed E-state index contributed by atoms with van der Waals surface area (Å²) in [5.74, 6) is 0. The van der Waals surface area contributed by atoms with E-state index >= 15 is 0 Å². The van der Waals surface area contributed by atoms with E-state index in [4.69, 9.17) is 4.52 Å². The molecule has 0 amide bonds. The van der Waals surface area contributed by atoms with Crippen molar-refractivity contribution in [3.8, 4) is 0 Å². The number of nitrogens with one attached hydrogen (secondary N) is 1. The van der Waals surface area contributed by atoms with Gasteiger partial charge in [0.1, 0.15) is 6.26 Å². The van der Waals surface area contributed by atoms with Gasteiger partial charge in [-0.25, -0.2) is 0 Å². The van der Waals surface area contributed by atoms with Crippen molar-refractivity contribution in [2.75, 3.05) is 0 Å². The number of aromatic nitrogens is 1. The van der Waals surface area contributed by atoms with Crippen molar-refractivity contribution in [1.29, 1.82) is 0 Å². The molecule has 0 bridgehead atoms. The minimum Gasteiger partial charge on any atom is -0.364 e. The van der Waals surface area contributed by atoms with Crippen molar-refractivity contribution in [3.05, 3.63) is 58.0 Å². The zero-order chi connectivity index (χ0) is 13.7. The van der Waals surface area contributed by atoms with Crippen LogP contribution in [0, 0.1) is 10.1 Å². The average Bonchev–Trinajstić information content (AvgIpc) is 2.93. The van der Waals surface area contributed by atoms with Gasteiger partial charge in [0.2, 0.25) is 0 Å². The van der Waals surface area contributed by atoms with E-state index in [1.807, 2.05) is 13.0 Å². The molecule has 1 aromatic heterocycles. The molecule has 1 unspecified atom stereocenters. The van der Waals surface area contributed by atoms with Crippen LogP contribution in [0.1, 0.15) is 30.6 Å². The fourth-order valence-electron chi connectivity index (χ4n) is 1.91. The third kappa shape index (κ3) is 3.38. The first-order valence-electron chi connectivity index (χ1n) is 6.07. The molecule has 0 saturated carbocycles. The summed E-state index contributed by atoms with van der Waals surface area (Å²) in [7, 11) is 0. The standard InChI is InChI=1S/C13H15N3O3/c1-2-13(14-9-11-6-7-19-15-11)10-4-3-5-12(8-10)16(17)18/h3-8,13-14H,2,9H2,1H3. The van der Waals surface area contributed by atoms with E-state index < -0.39 is 0 Å². The Bertz CT molecular complexity index is 540. The highest BCUT2D eigenvalue weighted by atomic mass is 16.6. The van der Waals surface area contributed by atoms with Crippen LogP contribution in [0.15, 0.2) is 41.1 Å². The van der Waals surface area contributed by atoms with Crippen LogP contribution in [0.5, 0.6) is 0 Å². The first kappa shape index (κ1) is 13.2. The van der Waals surface area contributed by atoms with Crippen LogP contribution in [-0.2, 0) is 6.54 Å². The van der Waals surface area contributed by atoms with Gasteiger partial charge in [0, 0.05) is 30.8 Å². The zero-order valence-corrected chi connectivity index (χ0v) is 10.6. The Kier molecular flexibility index (Phi) is 4.25. The second-order valence-electron chi connectivity index (χ2n) is 4.18. The summed E-state index contributed by atoms with van der Waals surface area (Å²) >= 11 is 0. The van der Waals surface area contributed by atoms with Gasteiger partial charge in [0.05, 0.1) is 10.6 Å². The van der Waals surface area contributed by atoms with Gasteiger partial charge in [-0.2, -0.15) is 0 Å². The molecule has 0 radical (unpaired) electrons. The lowest BCUT2D eigenvalue weighted by molar-refractivity contribution is -0.384. The number of nitro benzene ring substituents is 1. The molecule has 0 aliphatic carbocycles. The van der Waals surface area contributed by atoms with Crippen LogP contribution < -0.4 is 5.32 Å². The lowest BCUT2D eigenvalue weighted by atomic mass is 10.0. The van der Waals surface area contributed by atoms with Gasteiger partial charge < -0.3 is 9.84 Å². The zero-order valence-electron chi connectivity index (χ0n) is 10.6. The smallest absolute Gasteiger partial charge is 0.269 e. The van der Waals surface area contributed by atoms with Crippen LogP contribution in [0.3, 0.4) is 0 Å². The summed E-state index contributed by atoms with van der Waals surface area (Å²) in [4.78, 5) is 10.4. The summed E-state index contributed by atoms with van der Waals surface area (Å²) in [6, 6.07) is 8.52. The van der Waals surface area contributed by atoms with Gasteiger partial charge in [-0.15, -0.1) is 0 Å². The molecule has 19 heavy (non-hydrogen) atoms. The lowest BCUT2D eigenvalue weighted by Crippen LogP contribution is -2.20. The van der Waals surface area contributed by atoms with Gasteiger partial charge >= 0.3 is 0 Å². The van der Waals surface area contributed by atoms with Gasteiger partial charge in [-0.3, -0.25) is 10.1 Å². The molecule has 0 aliphatic rings. The molecular formula is C13H15N3O3. The predicted molar refractivity (Wildman–Crippen MR) is 69.5 cm³/mol. The number of benzene rings is 1. The largest absolute Gasteiger partial charge is 0.364 e.